The molecule has 4 rings (SSSR count). The SMILES string of the molecule is NCC1Cc2cc(-c3nc4ccccc4[nH]3)cc(F)c2O1. The third-order valence-electron chi connectivity index (χ3n) is 3.78. The third-order valence-corrected chi connectivity index (χ3v) is 3.78. The molecule has 0 saturated heterocycles. The second-order valence-corrected chi connectivity index (χ2v) is 5.23. The van der Waals surface area contributed by atoms with E-state index in [1.165, 1.54) is 6.07 Å². The third kappa shape index (κ3) is 1.97. The highest BCUT2D eigenvalue weighted by Crippen LogP contribution is 2.35. The minimum Gasteiger partial charge on any atom is -0.485 e. The number of nitrogens with zero attached hydrogens (tertiary/aromatic N) is 1. The molecule has 1 aromatic heterocycles. The first-order valence-electron chi connectivity index (χ1n) is 6.89. The topological polar surface area (TPSA) is 63.9 Å². The molecule has 21 heavy (non-hydrogen) atoms. The van der Waals surface area contributed by atoms with Gasteiger partial charge in [-0.25, -0.2) is 9.37 Å². The molecule has 0 amide bonds. The molecule has 0 spiro atoms. The molecule has 3 N–H and O–H groups in total. The van der Waals surface area contributed by atoms with Gasteiger partial charge in [0.15, 0.2) is 11.6 Å². The van der Waals surface area contributed by atoms with Gasteiger partial charge in [-0.3, -0.25) is 0 Å². The minimum atomic E-state index is -0.362. The van der Waals surface area contributed by atoms with Gasteiger partial charge in [-0.15, -0.1) is 0 Å². The van der Waals surface area contributed by atoms with Crippen LogP contribution in [0.15, 0.2) is 36.4 Å². The number of hydrogen-bond donors (Lipinski definition) is 2. The number of fused-ring (bicyclic) bond motifs is 2. The number of nitrogens with two attached hydrogens (primary N) is 1. The van der Waals surface area contributed by atoms with Crippen molar-refractivity contribution in [3.05, 3.63) is 47.8 Å². The molecule has 1 unspecified atom stereocenters. The van der Waals surface area contributed by atoms with Crippen molar-refractivity contribution in [3.63, 3.8) is 0 Å². The van der Waals surface area contributed by atoms with Crippen LogP contribution in [0.1, 0.15) is 5.56 Å². The number of rotatable bonds is 2. The second-order valence-electron chi connectivity index (χ2n) is 5.23. The molecule has 1 aliphatic rings. The molecule has 106 valence electrons. The predicted octanol–water partition coefficient (Wildman–Crippen LogP) is 2.63. The number of imidazole rings is 1. The first kappa shape index (κ1) is 12.3. The highest BCUT2D eigenvalue weighted by molar-refractivity contribution is 5.79. The van der Waals surface area contributed by atoms with Crippen LogP contribution in [0.25, 0.3) is 22.4 Å². The van der Waals surface area contributed by atoms with Crippen molar-refractivity contribution in [2.24, 2.45) is 5.73 Å². The van der Waals surface area contributed by atoms with Gasteiger partial charge in [0.25, 0.3) is 0 Å². The Morgan fingerprint density at radius 1 is 1.33 bits per heavy atom. The summed E-state index contributed by atoms with van der Waals surface area (Å²) in [5.41, 5.74) is 8.97. The molecule has 0 fully saturated rings. The fraction of sp³-hybridized carbons (Fsp3) is 0.188. The fourth-order valence-electron chi connectivity index (χ4n) is 2.75. The van der Waals surface area contributed by atoms with Crippen molar-refractivity contribution in [1.29, 1.82) is 0 Å². The summed E-state index contributed by atoms with van der Waals surface area (Å²) in [5, 5.41) is 0. The highest BCUT2D eigenvalue weighted by atomic mass is 19.1. The Balaban J connectivity index is 1.81. The number of nitrogens with one attached hydrogen (secondary N) is 1. The number of benzene rings is 2. The summed E-state index contributed by atoms with van der Waals surface area (Å²) < 4.78 is 19.7. The van der Waals surface area contributed by atoms with Gasteiger partial charge >= 0.3 is 0 Å². The molecule has 0 bridgehead atoms. The molecule has 0 aliphatic carbocycles. The fourth-order valence-corrected chi connectivity index (χ4v) is 2.75. The van der Waals surface area contributed by atoms with Crippen LogP contribution < -0.4 is 10.5 Å². The van der Waals surface area contributed by atoms with E-state index in [0.717, 1.165) is 22.2 Å². The number of hydrogen-bond acceptors (Lipinski definition) is 3. The van der Waals surface area contributed by atoms with Gasteiger partial charge in [0.1, 0.15) is 11.9 Å². The maximum absolute atomic E-state index is 14.2. The van der Waals surface area contributed by atoms with E-state index in [0.29, 0.717) is 24.5 Å². The molecule has 0 radical (unpaired) electrons. The van der Waals surface area contributed by atoms with Crippen LogP contribution >= 0.6 is 0 Å². The summed E-state index contributed by atoms with van der Waals surface area (Å²) in [7, 11) is 0. The average Bonchev–Trinajstić information content (AvgIpc) is 3.10. The van der Waals surface area contributed by atoms with Crippen molar-refractivity contribution in [2.75, 3.05) is 6.54 Å². The molecule has 5 heteroatoms. The lowest BCUT2D eigenvalue weighted by Gasteiger charge is -2.06. The Hall–Kier alpha value is -2.40. The Labute approximate surface area is 120 Å². The number of aromatic nitrogens is 2. The Morgan fingerprint density at radius 2 is 2.19 bits per heavy atom. The molecule has 2 heterocycles. The zero-order chi connectivity index (χ0) is 14.4. The largest absolute Gasteiger partial charge is 0.485 e. The summed E-state index contributed by atoms with van der Waals surface area (Å²) in [4.78, 5) is 7.71. The molecular formula is C16H14FN3O. The lowest BCUT2D eigenvalue weighted by molar-refractivity contribution is 0.232. The van der Waals surface area contributed by atoms with E-state index in [1.54, 1.807) is 0 Å². The van der Waals surface area contributed by atoms with E-state index in [1.807, 2.05) is 30.3 Å². The van der Waals surface area contributed by atoms with E-state index < -0.39 is 0 Å². The van der Waals surface area contributed by atoms with E-state index in [2.05, 4.69) is 9.97 Å². The molecule has 4 nitrogen and oxygen atoms in total. The molecule has 1 aliphatic heterocycles. The van der Waals surface area contributed by atoms with E-state index in [-0.39, 0.29) is 11.9 Å². The molecule has 0 saturated carbocycles. The molecule has 1 atom stereocenters. The van der Waals surface area contributed by atoms with Gasteiger partial charge < -0.3 is 15.5 Å². The number of halogens is 1. The zero-order valence-electron chi connectivity index (χ0n) is 11.3. The normalized spacial score (nSPS) is 17.0. The van der Waals surface area contributed by atoms with Crippen LogP contribution in [-0.4, -0.2) is 22.6 Å². The molecular weight excluding hydrogens is 269 g/mol. The van der Waals surface area contributed by atoms with Gasteiger partial charge in [-0.2, -0.15) is 0 Å². The van der Waals surface area contributed by atoms with Gasteiger partial charge in [0, 0.05) is 24.1 Å². The number of aromatic amines is 1. The quantitative estimate of drug-likeness (QED) is 0.760. The van der Waals surface area contributed by atoms with Gasteiger partial charge in [-0.05, 0) is 24.3 Å². The summed E-state index contributed by atoms with van der Waals surface area (Å²) in [6.07, 6.45) is 0.497. The Kier molecular flexibility index (Phi) is 2.68. The number of H-pyrrole nitrogens is 1. The monoisotopic (exact) mass is 283 g/mol. The van der Waals surface area contributed by atoms with Crippen molar-refractivity contribution in [1.82, 2.24) is 9.97 Å². The Morgan fingerprint density at radius 3 is 3.00 bits per heavy atom. The predicted molar refractivity (Wildman–Crippen MR) is 78.7 cm³/mol. The Bertz CT molecular complexity index is 795. The van der Waals surface area contributed by atoms with Crippen LogP contribution in [0.2, 0.25) is 0 Å². The molecule has 3 aromatic rings. The van der Waals surface area contributed by atoms with Crippen molar-refractivity contribution in [3.8, 4) is 17.1 Å². The van der Waals surface area contributed by atoms with Crippen molar-refractivity contribution < 1.29 is 9.13 Å². The minimum absolute atomic E-state index is 0.138. The lowest BCUT2D eigenvalue weighted by atomic mass is 10.1. The first-order valence-corrected chi connectivity index (χ1v) is 6.89. The van der Waals surface area contributed by atoms with Crippen LogP contribution in [0, 0.1) is 5.82 Å². The smallest absolute Gasteiger partial charge is 0.166 e. The average molecular weight is 283 g/mol. The van der Waals surface area contributed by atoms with E-state index in [9.17, 15) is 4.39 Å². The first-order chi connectivity index (χ1) is 10.2. The van der Waals surface area contributed by atoms with Crippen LogP contribution in [-0.2, 0) is 6.42 Å². The van der Waals surface area contributed by atoms with Gasteiger partial charge in [0.2, 0.25) is 0 Å². The highest BCUT2D eigenvalue weighted by Gasteiger charge is 2.26. The molecule has 2 aromatic carbocycles. The summed E-state index contributed by atoms with van der Waals surface area (Å²) in [6, 6.07) is 11.1. The van der Waals surface area contributed by atoms with Gasteiger partial charge in [0.05, 0.1) is 11.0 Å². The summed E-state index contributed by atoms with van der Waals surface area (Å²) in [5.74, 6) is 0.623. The van der Waals surface area contributed by atoms with Crippen LogP contribution in [0.4, 0.5) is 4.39 Å². The van der Waals surface area contributed by atoms with Crippen molar-refractivity contribution >= 4 is 11.0 Å². The van der Waals surface area contributed by atoms with Crippen LogP contribution in [0.5, 0.6) is 5.75 Å². The number of ether oxygens (including phenoxy) is 1. The maximum Gasteiger partial charge on any atom is 0.166 e. The maximum atomic E-state index is 14.2. The summed E-state index contributed by atoms with van der Waals surface area (Å²) >= 11 is 0. The van der Waals surface area contributed by atoms with Crippen LogP contribution in [0.3, 0.4) is 0 Å². The lowest BCUT2D eigenvalue weighted by Crippen LogP contribution is -2.24. The van der Waals surface area contributed by atoms with E-state index >= 15 is 0 Å². The van der Waals surface area contributed by atoms with E-state index in [4.69, 9.17) is 10.5 Å². The number of para-hydroxylation sites is 2. The van der Waals surface area contributed by atoms with Gasteiger partial charge in [-0.1, -0.05) is 12.1 Å². The van der Waals surface area contributed by atoms with Crippen molar-refractivity contribution in [2.45, 2.75) is 12.5 Å². The standard InChI is InChI=1S/C16H14FN3O/c17-12-7-10(5-9-6-11(8-18)21-15(9)12)16-19-13-3-1-2-4-14(13)20-16/h1-5,7,11H,6,8,18H2,(H,19,20). The second kappa shape index (κ2) is 4.56. The zero-order valence-corrected chi connectivity index (χ0v) is 11.3. The summed E-state index contributed by atoms with van der Waals surface area (Å²) in [6.45, 7) is 0.383.